The zero-order valence-electron chi connectivity index (χ0n) is 6.69. The van der Waals surface area contributed by atoms with Gasteiger partial charge >= 0.3 is 6.18 Å². The van der Waals surface area contributed by atoms with E-state index in [1.54, 1.807) is 0 Å². The zero-order chi connectivity index (χ0) is 9.47. The molecule has 0 nitrogen and oxygen atoms in total. The van der Waals surface area contributed by atoms with E-state index in [0.717, 1.165) is 33.9 Å². The molecule has 0 atom stereocenters. The number of hydrogen-bond acceptors (Lipinski definition) is 1. The van der Waals surface area contributed by atoms with Gasteiger partial charge in [0.2, 0.25) is 0 Å². The second-order valence-electron chi connectivity index (χ2n) is 2.91. The molecule has 0 fully saturated rings. The number of halogens is 3. The van der Waals surface area contributed by atoms with Crippen LogP contribution in [0.3, 0.4) is 0 Å². The van der Waals surface area contributed by atoms with Crippen LogP contribution in [-0.2, 0) is 6.18 Å². The number of fused-ring (bicyclic) bond motifs is 1. The van der Waals surface area contributed by atoms with Gasteiger partial charge in [-0.05, 0) is 24.1 Å². The highest BCUT2D eigenvalue weighted by molar-refractivity contribution is 7.09. The average molecular weight is 204 g/mol. The Morgan fingerprint density at radius 3 is 2.46 bits per heavy atom. The maximum Gasteiger partial charge on any atom is 0.425 e. The van der Waals surface area contributed by atoms with Crippen LogP contribution < -0.4 is 9.75 Å². The van der Waals surface area contributed by atoms with Crippen LogP contribution in [0.1, 0.15) is 17.7 Å². The molecule has 2 rings (SSSR count). The summed E-state index contributed by atoms with van der Waals surface area (Å²) in [5.41, 5.74) is 0. The van der Waals surface area contributed by atoms with Crippen molar-refractivity contribution in [1.29, 1.82) is 0 Å². The van der Waals surface area contributed by atoms with Gasteiger partial charge in [0.15, 0.2) is 0 Å². The normalized spacial score (nSPS) is 15.9. The van der Waals surface area contributed by atoms with Crippen LogP contribution in [0, 0.1) is 0 Å². The Morgan fingerprint density at radius 1 is 1.15 bits per heavy atom. The van der Waals surface area contributed by atoms with Crippen molar-refractivity contribution in [2.45, 2.75) is 19.0 Å². The Bertz CT molecular complexity index is 391. The van der Waals surface area contributed by atoms with Crippen molar-refractivity contribution in [1.82, 2.24) is 0 Å². The Kier molecular flexibility index (Phi) is 1.95. The number of thiophene rings is 1. The van der Waals surface area contributed by atoms with E-state index in [2.05, 4.69) is 0 Å². The smallest absolute Gasteiger partial charge is 0.165 e. The molecule has 1 aromatic rings. The van der Waals surface area contributed by atoms with Gasteiger partial charge < -0.3 is 0 Å². The fourth-order valence-electron chi connectivity index (χ4n) is 1.33. The largest absolute Gasteiger partial charge is 0.425 e. The van der Waals surface area contributed by atoms with Crippen molar-refractivity contribution in [2.75, 3.05) is 0 Å². The first-order valence-corrected chi connectivity index (χ1v) is 4.76. The van der Waals surface area contributed by atoms with E-state index in [-0.39, 0.29) is 0 Å². The molecule has 0 aliphatic heterocycles. The van der Waals surface area contributed by atoms with E-state index >= 15 is 0 Å². The summed E-state index contributed by atoms with van der Waals surface area (Å²) >= 11 is 0.830. The van der Waals surface area contributed by atoms with Crippen LogP contribution in [0.4, 0.5) is 13.2 Å². The fraction of sp³-hybridized carbons (Fsp3) is 0.333. The minimum absolute atomic E-state index is 0.494. The standard InChI is InChI=1S/C9H7F3S/c10-9(11,12)8-5-6-3-1-2-4-7(6)13-8/h3-5H,1-2H2. The van der Waals surface area contributed by atoms with E-state index in [4.69, 9.17) is 0 Å². The van der Waals surface area contributed by atoms with Crippen LogP contribution in [0.2, 0.25) is 0 Å². The highest BCUT2D eigenvalue weighted by Crippen LogP contribution is 2.30. The molecular formula is C9H7F3S. The summed E-state index contributed by atoms with van der Waals surface area (Å²) < 4.78 is 37.5. The van der Waals surface area contributed by atoms with Gasteiger partial charge in [0.1, 0.15) is 4.88 Å². The molecule has 1 aliphatic carbocycles. The molecule has 0 N–H and O–H groups in total. The average Bonchev–Trinajstić information content (AvgIpc) is 2.45. The second-order valence-corrected chi connectivity index (χ2v) is 4.00. The third-order valence-corrected chi connectivity index (χ3v) is 3.12. The van der Waals surface area contributed by atoms with E-state index in [9.17, 15) is 13.2 Å². The molecule has 1 aliphatic rings. The molecular weight excluding hydrogens is 197 g/mol. The van der Waals surface area contributed by atoms with Crippen molar-refractivity contribution in [3.8, 4) is 0 Å². The summed E-state index contributed by atoms with van der Waals surface area (Å²) in [7, 11) is 0. The topological polar surface area (TPSA) is 0 Å². The van der Waals surface area contributed by atoms with E-state index < -0.39 is 11.1 Å². The minimum Gasteiger partial charge on any atom is -0.165 e. The number of rotatable bonds is 0. The summed E-state index contributed by atoms with van der Waals surface area (Å²) in [4.78, 5) is -0.494. The first kappa shape index (κ1) is 8.81. The van der Waals surface area contributed by atoms with Gasteiger partial charge in [0.05, 0.1) is 0 Å². The molecule has 0 aromatic carbocycles. The lowest BCUT2D eigenvalue weighted by molar-refractivity contribution is -0.134. The zero-order valence-corrected chi connectivity index (χ0v) is 7.50. The Balaban J connectivity index is 2.61. The summed E-state index contributed by atoms with van der Waals surface area (Å²) in [6.07, 6.45) is 1.24. The van der Waals surface area contributed by atoms with Gasteiger partial charge in [-0.3, -0.25) is 0 Å². The molecule has 0 spiro atoms. The van der Waals surface area contributed by atoms with E-state index in [1.807, 2.05) is 12.2 Å². The molecule has 0 saturated heterocycles. The molecule has 1 aromatic heterocycles. The second kappa shape index (κ2) is 2.87. The summed E-state index contributed by atoms with van der Waals surface area (Å²) in [6, 6.07) is 1.23. The first-order chi connectivity index (χ1) is 6.07. The van der Waals surface area contributed by atoms with Crippen LogP contribution in [0.15, 0.2) is 6.07 Å². The van der Waals surface area contributed by atoms with Crippen molar-refractivity contribution in [3.05, 3.63) is 20.7 Å². The predicted octanol–water partition coefficient (Wildman–Crippen LogP) is 2.12. The monoisotopic (exact) mass is 204 g/mol. The van der Waals surface area contributed by atoms with Gasteiger partial charge in [-0.1, -0.05) is 12.2 Å². The van der Waals surface area contributed by atoms with Gasteiger partial charge in [-0.15, -0.1) is 11.3 Å². The Morgan fingerprint density at radius 2 is 1.85 bits per heavy atom. The van der Waals surface area contributed by atoms with Crippen LogP contribution >= 0.6 is 11.3 Å². The fourth-order valence-corrected chi connectivity index (χ4v) is 2.33. The Labute approximate surface area is 77.0 Å². The first-order valence-electron chi connectivity index (χ1n) is 3.95. The lowest BCUT2D eigenvalue weighted by Gasteiger charge is -1.99. The van der Waals surface area contributed by atoms with Crippen LogP contribution in [0.5, 0.6) is 0 Å². The highest BCUT2D eigenvalue weighted by atomic mass is 32.1. The van der Waals surface area contributed by atoms with Crippen LogP contribution in [0.25, 0.3) is 12.2 Å². The molecule has 13 heavy (non-hydrogen) atoms. The molecule has 0 radical (unpaired) electrons. The van der Waals surface area contributed by atoms with Crippen molar-refractivity contribution >= 4 is 23.5 Å². The van der Waals surface area contributed by atoms with Gasteiger partial charge in [-0.25, -0.2) is 0 Å². The molecule has 70 valence electrons. The summed E-state index contributed by atoms with van der Waals surface area (Å²) in [5.74, 6) is 0. The summed E-state index contributed by atoms with van der Waals surface area (Å²) in [6.45, 7) is 0. The molecule has 0 unspecified atom stereocenters. The van der Waals surface area contributed by atoms with E-state index in [1.165, 1.54) is 6.07 Å². The Hall–Kier alpha value is -0.770. The minimum atomic E-state index is -4.19. The SMILES string of the molecule is FC(F)(F)c1cc2c(s1)=CCCC=2. The third kappa shape index (κ3) is 1.63. The quantitative estimate of drug-likeness (QED) is 0.607. The maximum absolute atomic E-state index is 12.3. The third-order valence-electron chi connectivity index (χ3n) is 1.93. The highest BCUT2D eigenvalue weighted by Gasteiger charge is 2.32. The molecule has 1 heterocycles. The lowest BCUT2D eigenvalue weighted by Crippen LogP contribution is -2.19. The number of alkyl halides is 3. The molecule has 0 bridgehead atoms. The summed E-state index contributed by atoms with van der Waals surface area (Å²) in [5, 5.41) is 0.739. The predicted molar refractivity (Wildman–Crippen MR) is 46.7 cm³/mol. The molecule has 0 amide bonds. The molecule has 4 heteroatoms. The maximum atomic E-state index is 12.3. The molecule has 0 saturated carbocycles. The van der Waals surface area contributed by atoms with Crippen molar-refractivity contribution in [2.24, 2.45) is 0 Å². The van der Waals surface area contributed by atoms with Crippen molar-refractivity contribution < 1.29 is 13.2 Å². The van der Waals surface area contributed by atoms with Crippen molar-refractivity contribution in [3.63, 3.8) is 0 Å². The van der Waals surface area contributed by atoms with Gasteiger partial charge in [-0.2, -0.15) is 13.2 Å². The van der Waals surface area contributed by atoms with Gasteiger partial charge in [0, 0.05) is 4.53 Å². The number of hydrogen-bond donors (Lipinski definition) is 0. The van der Waals surface area contributed by atoms with Gasteiger partial charge in [0.25, 0.3) is 0 Å². The van der Waals surface area contributed by atoms with E-state index in [0.29, 0.717) is 0 Å². The lowest BCUT2D eigenvalue weighted by atomic mass is 10.2. The van der Waals surface area contributed by atoms with Crippen LogP contribution in [-0.4, -0.2) is 0 Å².